The number of nitrogens with zero attached hydrogens (tertiary/aromatic N) is 1. The van der Waals surface area contributed by atoms with E-state index in [9.17, 15) is 4.79 Å². The third kappa shape index (κ3) is 4.46. The number of carbonyl (C=O) groups excluding carboxylic acids is 1. The van der Waals surface area contributed by atoms with Crippen LogP contribution in [0.25, 0.3) is 0 Å². The maximum Gasteiger partial charge on any atom is 0.248 e. The molecule has 1 aliphatic carbocycles. The Morgan fingerprint density at radius 1 is 1.05 bits per heavy atom. The van der Waals surface area contributed by atoms with E-state index >= 15 is 0 Å². The van der Waals surface area contributed by atoms with Crippen molar-refractivity contribution < 1.29 is 9.53 Å². The lowest BCUT2D eigenvalue weighted by Gasteiger charge is -2.22. The molecule has 2 unspecified atom stereocenters. The van der Waals surface area contributed by atoms with Gasteiger partial charge in [0, 0.05) is 13.1 Å². The minimum atomic E-state index is 0.171. The molecule has 2 fully saturated rings. The van der Waals surface area contributed by atoms with Crippen LogP contribution in [0.15, 0.2) is 0 Å². The molecule has 4 heteroatoms. The highest BCUT2D eigenvalue weighted by molar-refractivity contribution is 5.77. The van der Waals surface area contributed by atoms with Crippen LogP contribution in [-0.2, 0) is 9.53 Å². The summed E-state index contributed by atoms with van der Waals surface area (Å²) in [6.45, 7) is 3.55. The zero-order valence-corrected chi connectivity index (χ0v) is 12.0. The van der Waals surface area contributed by atoms with Gasteiger partial charge in [0.15, 0.2) is 0 Å². The first-order chi connectivity index (χ1) is 9.31. The second-order valence-corrected chi connectivity index (χ2v) is 6.00. The molecule has 0 spiro atoms. The van der Waals surface area contributed by atoms with Gasteiger partial charge in [0.05, 0.1) is 6.61 Å². The number of hydrogen-bond donors (Lipinski definition) is 1. The largest absolute Gasteiger partial charge is 0.371 e. The highest BCUT2D eigenvalue weighted by Crippen LogP contribution is 2.30. The molecule has 0 aromatic carbocycles. The van der Waals surface area contributed by atoms with Crippen molar-refractivity contribution in [2.24, 2.45) is 17.6 Å². The molecular formula is C15H28N2O2. The number of carbonyl (C=O) groups is 1. The van der Waals surface area contributed by atoms with Gasteiger partial charge in [-0.1, -0.05) is 19.3 Å². The van der Waals surface area contributed by atoms with Gasteiger partial charge in [0.2, 0.25) is 5.91 Å². The summed E-state index contributed by atoms with van der Waals surface area (Å²) in [5, 5.41) is 0. The Kier molecular flexibility index (Phi) is 6.11. The molecule has 1 heterocycles. The van der Waals surface area contributed by atoms with Crippen LogP contribution in [0.2, 0.25) is 0 Å². The predicted molar refractivity (Wildman–Crippen MR) is 75.8 cm³/mol. The smallest absolute Gasteiger partial charge is 0.248 e. The van der Waals surface area contributed by atoms with E-state index in [2.05, 4.69) is 0 Å². The van der Waals surface area contributed by atoms with Crippen LogP contribution < -0.4 is 5.73 Å². The normalized spacial score (nSPS) is 28.4. The van der Waals surface area contributed by atoms with E-state index in [0.717, 1.165) is 32.5 Å². The van der Waals surface area contributed by atoms with Crippen molar-refractivity contribution in [3.8, 4) is 0 Å². The van der Waals surface area contributed by atoms with Gasteiger partial charge in [-0.15, -0.1) is 0 Å². The topological polar surface area (TPSA) is 55.6 Å². The first-order valence-electron chi connectivity index (χ1n) is 7.87. The fourth-order valence-corrected chi connectivity index (χ4v) is 3.35. The summed E-state index contributed by atoms with van der Waals surface area (Å²) in [6.07, 6.45) is 8.49. The zero-order valence-electron chi connectivity index (χ0n) is 12.0. The van der Waals surface area contributed by atoms with E-state index in [1.165, 1.54) is 32.1 Å². The molecule has 1 saturated carbocycles. The maximum atomic E-state index is 12.1. The van der Waals surface area contributed by atoms with E-state index in [1.54, 1.807) is 0 Å². The second-order valence-electron chi connectivity index (χ2n) is 6.00. The van der Waals surface area contributed by atoms with Crippen LogP contribution >= 0.6 is 0 Å². The Balaban J connectivity index is 1.65. The quantitative estimate of drug-likeness (QED) is 0.827. The average molecular weight is 268 g/mol. The molecule has 0 aromatic heterocycles. The predicted octanol–water partition coefficient (Wildman–Crippen LogP) is 1.78. The molecule has 2 aliphatic rings. The molecule has 1 saturated heterocycles. The third-order valence-electron chi connectivity index (χ3n) is 4.64. The number of amides is 1. The molecule has 1 aliphatic heterocycles. The van der Waals surface area contributed by atoms with Crippen molar-refractivity contribution in [3.05, 3.63) is 0 Å². The van der Waals surface area contributed by atoms with Crippen LogP contribution in [0.1, 0.15) is 44.9 Å². The SMILES string of the molecule is NCC1CCCC1COCC(=O)N1CCCCCC1. The summed E-state index contributed by atoms with van der Waals surface area (Å²) in [7, 11) is 0. The lowest BCUT2D eigenvalue weighted by molar-refractivity contribution is -0.136. The highest BCUT2D eigenvalue weighted by Gasteiger charge is 2.26. The van der Waals surface area contributed by atoms with E-state index < -0.39 is 0 Å². The lowest BCUT2D eigenvalue weighted by atomic mass is 9.97. The maximum absolute atomic E-state index is 12.1. The summed E-state index contributed by atoms with van der Waals surface area (Å²) in [5.41, 5.74) is 5.76. The van der Waals surface area contributed by atoms with Crippen LogP contribution in [0.4, 0.5) is 0 Å². The summed E-state index contributed by atoms with van der Waals surface area (Å²) in [5.74, 6) is 1.35. The molecule has 2 atom stereocenters. The van der Waals surface area contributed by atoms with Gasteiger partial charge in [-0.3, -0.25) is 4.79 Å². The van der Waals surface area contributed by atoms with Gasteiger partial charge in [0.25, 0.3) is 0 Å². The fraction of sp³-hybridized carbons (Fsp3) is 0.933. The zero-order chi connectivity index (χ0) is 13.5. The lowest BCUT2D eigenvalue weighted by Crippen LogP contribution is -2.35. The Morgan fingerprint density at radius 2 is 1.74 bits per heavy atom. The van der Waals surface area contributed by atoms with Gasteiger partial charge in [-0.2, -0.15) is 0 Å². The van der Waals surface area contributed by atoms with Gasteiger partial charge in [-0.05, 0) is 44.1 Å². The molecule has 2 N–H and O–H groups in total. The Hall–Kier alpha value is -0.610. The second kappa shape index (κ2) is 7.85. The first-order valence-corrected chi connectivity index (χ1v) is 7.87. The number of ether oxygens (including phenoxy) is 1. The molecular weight excluding hydrogens is 240 g/mol. The van der Waals surface area contributed by atoms with Crippen LogP contribution in [0, 0.1) is 11.8 Å². The van der Waals surface area contributed by atoms with Crippen molar-refractivity contribution in [1.29, 1.82) is 0 Å². The standard InChI is InChI=1S/C15H28N2O2/c16-10-13-6-5-7-14(13)11-19-12-15(18)17-8-3-1-2-4-9-17/h13-14H,1-12,16H2. The number of likely N-dealkylation sites (tertiary alicyclic amines) is 1. The minimum Gasteiger partial charge on any atom is -0.371 e. The molecule has 110 valence electrons. The average Bonchev–Trinajstić information content (AvgIpc) is 2.70. The molecule has 1 amide bonds. The van der Waals surface area contributed by atoms with Crippen molar-refractivity contribution in [3.63, 3.8) is 0 Å². The van der Waals surface area contributed by atoms with E-state index in [1.807, 2.05) is 4.90 Å². The van der Waals surface area contributed by atoms with Gasteiger partial charge in [-0.25, -0.2) is 0 Å². The highest BCUT2D eigenvalue weighted by atomic mass is 16.5. The molecule has 0 bridgehead atoms. The third-order valence-corrected chi connectivity index (χ3v) is 4.64. The molecule has 0 aromatic rings. The summed E-state index contributed by atoms with van der Waals surface area (Å²) in [6, 6.07) is 0. The number of rotatable bonds is 5. The number of hydrogen-bond acceptors (Lipinski definition) is 3. The van der Waals surface area contributed by atoms with Crippen molar-refractivity contribution >= 4 is 5.91 Å². The fourth-order valence-electron chi connectivity index (χ4n) is 3.35. The molecule has 4 nitrogen and oxygen atoms in total. The van der Waals surface area contributed by atoms with Gasteiger partial charge in [0.1, 0.15) is 6.61 Å². The minimum absolute atomic E-state index is 0.171. The number of nitrogens with two attached hydrogens (primary N) is 1. The Morgan fingerprint density at radius 3 is 2.42 bits per heavy atom. The summed E-state index contributed by atoms with van der Waals surface area (Å²) < 4.78 is 5.66. The van der Waals surface area contributed by atoms with E-state index in [0.29, 0.717) is 18.4 Å². The summed E-state index contributed by atoms with van der Waals surface area (Å²) >= 11 is 0. The molecule has 2 rings (SSSR count). The monoisotopic (exact) mass is 268 g/mol. The Labute approximate surface area is 116 Å². The van der Waals surface area contributed by atoms with Crippen molar-refractivity contribution in [2.45, 2.75) is 44.9 Å². The van der Waals surface area contributed by atoms with Crippen molar-refractivity contribution in [2.75, 3.05) is 32.8 Å². The molecule has 19 heavy (non-hydrogen) atoms. The first kappa shape index (κ1) is 14.8. The van der Waals surface area contributed by atoms with E-state index in [4.69, 9.17) is 10.5 Å². The van der Waals surface area contributed by atoms with Gasteiger partial charge >= 0.3 is 0 Å². The van der Waals surface area contributed by atoms with Crippen LogP contribution in [-0.4, -0.2) is 43.7 Å². The van der Waals surface area contributed by atoms with E-state index in [-0.39, 0.29) is 12.5 Å². The van der Waals surface area contributed by atoms with Crippen LogP contribution in [0.5, 0.6) is 0 Å². The molecule has 0 radical (unpaired) electrons. The van der Waals surface area contributed by atoms with Gasteiger partial charge < -0.3 is 15.4 Å². The summed E-state index contributed by atoms with van der Waals surface area (Å²) in [4.78, 5) is 14.0. The van der Waals surface area contributed by atoms with Crippen molar-refractivity contribution in [1.82, 2.24) is 4.90 Å². The van der Waals surface area contributed by atoms with Crippen LogP contribution in [0.3, 0.4) is 0 Å². The Bertz CT molecular complexity index is 275.